The molecule has 0 bridgehead atoms. The van der Waals surface area contributed by atoms with Gasteiger partial charge in [-0.3, -0.25) is 14.5 Å². The van der Waals surface area contributed by atoms with E-state index in [9.17, 15) is 22.4 Å². The number of carbonyl (C=O) groups excluding carboxylic acids is 1. The van der Waals surface area contributed by atoms with Gasteiger partial charge in [0.05, 0.1) is 10.5 Å². The molecule has 0 atom stereocenters. The van der Waals surface area contributed by atoms with Crippen LogP contribution < -0.4 is 25.5 Å². The predicted octanol–water partition coefficient (Wildman–Crippen LogP) is 3.46. The Hall–Kier alpha value is -2.87. The van der Waals surface area contributed by atoms with E-state index in [4.69, 9.17) is 18.0 Å². The number of guanidine groups is 1. The summed E-state index contributed by atoms with van der Waals surface area (Å²) < 4.78 is 57.6. The standard InChI is InChI=1S/C18H20F4N6O2S2/c1-9(2)6-25-17(23)26-12-7-24-4-3-10(12)14(29)28-32-13-5-11(19)15(27-16(13)31)30-8-18(20,21)22/h3-5,7,9H,6,8H2,1-2H3,(H,27,31)(H,28,29)(H3,23,25,26)/p+1. The maximum atomic E-state index is 14.1. The van der Waals surface area contributed by atoms with Crippen molar-refractivity contribution in [2.75, 3.05) is 18.5 Å². The van der Waals surface area contributed by atoms with Gasteiger partial charge in [0.15, 0.2) is 30.8 Å². The maximum absolute atomic E-state index is 14.1. The Morgan fingerprint density at radius 3 is 2.81 bits per heavy atom. The number of ether oxygens (including phenoxy) is 1. The molecule has 0 aliphatic carbocycles. The molecule has 2 rings (SSSR count). The summed E-state index contributed by atoms with van der Waals surface area (Å²) in [5.41, 5.74) is 6.39. The molecule has 2 heterocycles. The molecular formula is C18H21F4N6O2S2+. The topological polar surface area (TPSA) is 119 Å². The summed E-state index contributed by atoms with van der Waals surface area (Å²) in [6, 6.07) is 2.35. The quantitative estimate of drug-likeness (QED) is 0.147. The van der Waals surface area contributed by atoms with Gasteiger partial charge in [-0.2, -0.15) is 13.2 Å². The lowest BCUT2D eigenvalue weighted by Gasteiger charge is -2.12. The first-order valence-electron chi connectivity index (χ1n) is 9.13. The van der Waals surface area contributed by atoms with Crippen LogP contribution in [0.2, 0.25) is 0 Å². The number of halogens is 4. The summed E-state index contributed by atoms with van der Waals surface area (Å²) >= 11 is 5.69. The number of alkyl halides is 3. The number of rotatable bonds is 8. The number of aromatic nitrogens is 2. The Bertz CT molecular complexity index is 1040. The van der Waals surface area contributed by atoms with Crippen molar-refractivity contribution in [3.05, 3.63) is 40.5 Å². The number of amides is 1. The second-order valence-electron chi connectivity index (χ2n) is 6.79. The van der Waals surface area contributed by atoms with Crippen LogP contribution in [0.5, 0.6) is 5.88 Å². The van der Waals surface area contributed by atoms with E-state index < -0.39 is 30.4 Å². The zero-order valence-electron chi connectivity index (χ0n) is 17.0. The molecule has 2 aromatic rings. The lowest BCUT2D eigenvalue weighted by atomic mass is 10.2. The SMILES string of the molecule is CC(C)CN=C(N)Nc1c[nH+]ccc1C(=O)NSc1cc(F)c(OCC(F)(F)F)[nH]c1=S. The molecule has 1 amide bonds. The number of pyridine rings is 2. The smallest absolute Gasteiger partial charge is 0.422 e. The number of nitrogens with zero attached hydrogens (tertiary/aromatic N) is 1. The molecular weight excluding hydrogens is 472 g/mol. The van der Waals surface area contributed by atoms with Gasteiger partial charge in [0.2, 0.25) is 5.88 Å². The molecule has 0 fully saturated rings. The van der Waals surface area contributed by atoms with Crippen LogP contribution in [0.15, 0.2) is 34.4 Å². The third-order valence-electron chi connectivity index (χ3n) is 3.56. The molecule has 0 radical (unpaired) electrons. The largest absolute Gasteiger partial charge is 0.467 e. The van der Waals surface area contributed by atoms with Crippen LogP contribution in [0, 0.1) is 16.4 Å². The number of nitrogens with one attached hydrogen (secondary N) is 4. The summed E-state index contributed by atoms with van der Waals surface area (Å²) in [7, 11) is 0. The van der Waals surface area contributed by atoms with Gasteiger partial charge in [-0.25, -0.2) is 9.37 Å². The number of anilines is 1. The molecule has 0 aliphatic rings. The van der Waals surface area contributed by atoms with Gasteiger partial charge in [0.1, 0.15) is 10.3 Å². The Morgan fingerprint density at radius 2 is 2.16 bits per heavy atom. The van der Waals surface area contributed by atoms with Crippen molar-refractivity contribution >= 4 is 41.7 Å². The summed E-state index contributed by atoms with van der Waals surface area (Å²) in [4.78, 5) is 21.9. The van der Waals surface area contributed by atoms with Gasteiger partial charge in [-0.05, 0) is 23.9 Å². The number of aromatic amines is 2. The van der Waals surface area contributed by atoms with Crippen molar-refractivity contribution < 1.29 is 32.1 Å². The second kappa shape index (κ2) is 11.1. The lowest BCUT2D eigenvalue weighted by Crippen LogP contribution is -2.27. The molecule has 14 heteroatoms. The van der Waals surface area contributed by atoms with Gasteiger partial charge >= 0.3 is 6.18 Å². The highest BCUT2D eigenvalue weighted by atomic mass is 32.2. The van der Waals surface area contributed by atoms with Crippen molar-refractivity contribution in [1.29, 1.82) is 0 Å². The number of hydrogen-bond acceptors (Lipinski definition) is 5. The fraction of sp³-hybridized carbons (Fsp3) is 0.333. The fourth-order valence-corrected chi connectivity index (χ4v) is 3.05. The number of carbonyl (C=O) groups is 1. The molecule has 0 saturated carbocycles. The van der Waals surface area contributed by atoms with Gasteiger partial charge in [-0.1, -0.05) is 26.1 Å². The zero-order chi connectivity index (χ0) is 23.9. The van der Waals surface area contributed by atoms with E-state index in [1.807, 2.05) is 13.8 Å². The molecule has 6 N–H and O–H groups in total. The molecule has 0 aromatic carbocycles. The van der Waals surface area contributed by atoms with Crippen LogP contribution in [0.3, 0.4) is 0 Å². The highest BCUT2D eigenvalue weighted by Gasteiger charge is 2.29. The third kappa shape index (κ3) is 8.00. The van der Waals surface area contributed by atoms with Crippen molar-refractivity contribution in [3.63, 3.8) is 0 Å². The van der Waals surface area contributed by atoms with Gasteiger partial charge in [0.25, 0.3) is 5.91 Å². The highest BCUT2D eigenvalue weighted by molar-refractivity contribution is 7.98. The minimum absolute atomic E-state index is 0.0696. The van der Waals surface area contributed by atoms with Crippen LogP contribution in [-0.2, 0) is 0 Å². The van der Waals surface area contributed by atoms with E-state index in [0.717, 1.165) is 6.07 Å². The molecule has 0 aliphatic heterocycles. The van der Waals surface area contributed by atoms with Crippen molar-refractivity contribution in [2.45, 2.75) is 24.9 Å². The average Bonchev–Trinajstić information content (AvgIpc) is 2.71. The molecule has 8 nitrogen and oxygen atoms in total. The minimum atomic E-state index is -4.63. The number of aliphatic imine (C=N–C) groups is 1. The third-order valence-corrected chi connectivity index (χ3v) is 4.84. The fourth-order valence-electron chi connectivity index (χ4n) is 2.15. The van der Waals surface area contributed by atoms with Gasteiger partial charge in [0, 0.05) is 12.6 Å². The van der Waals surface area contributed by atoms with E-state index >= 15 is 0 Å². The van der Waals surface area contributed by atoms with Gasteiger partial charge < -0.3 is 20.8 Å². The van der Waals surface area contributed by atoms with E-state index in [1.54, 1.807) is 0 Å². The van der Waals surface area contributed by atoms with E-state index in [1.165, 1.54) is 18.5 Å². The Labute approximate surface area is 190 Å². The van der Waals surface area contributed by atoms with Gasteiger partial charge in [-0.15, -0.1) is 0 Å². The Balaban J connectivity index is 2.09. The first kappa shape index (κ1) is 25.4. The highest BCUT2D eigenvalue weighted by Crippen LogP contribution is 2.25. The summed E-state index contributed by atoms with van der Waals surface area (Å²) in [5, 5.41) is 2.83. The van der Waals surface area contributed by atoms with Crippen LogP contribution in [0.1, 0.15) is 24.2 Å². The molecule has 0 spiro atoms. The van der Waals surface area contributed by atoms with Crippen LogP contribution in [0.4, 0.5) is 23.2 Å². The molecule has 174 valence electrons. The van der Waals surface area contributed by atoms with E-state index in [-0.39, 0.29) is 21.1 Å². The summed E-state index contributed by atoms with van der Waals surface area (Å²) in [6.07, 6.45) is -1.61. The van der Waals surface area contributed by atoms with Crippen LogP contribution in [-0.4, -0.2) is 36.2 Å². The Kier molecular flexibility index (Phi) is 8.83. The number of H-pyrrole nitrogens is 2. The zero-order valence-corrected chi connectivity index (χ0v) is 18.6. The van der Waals surface area contributed by atoms with Crippen molar-refractivity contribution in [2.24, 2.45) is 16.6 Å². The lowest BCUT2D eigenvalue weighted by molar-refractivity contribution is -0.377. The molecule has 0 unspecified atom stereocenters. The van der Waals surface area contributed by atoms with E-state index in [2.05, 4.69) is 29.7 Å². The first-order chi connectivity index (χ1) is 15.0. The normalized spacial score (nSPS) is 12.0. The summed E-state index contributed by atoms with van der Waals surface area (Å²) in [5.74, 6) is -1.98. The number of hydrogen-bond donors (Lipinski definition) is 4. The second-order valence-corrected chi connectivity index (χ2v) is 8.05. The Morgan fingerprint density at radius 1 is 1.44 bits per heavy atom. The maximum Gasteiger partial charge on any atom is 0.422 e. The summed E-state index contributed by atoms with van der Waals surface area (Å²) in [6.45, 7) is 2.78. The molecule has 0 saturated heterocycles. The minimum Gasteiger partial charge on any atom is -0.467 e. The van der Waals surface area contributed by atoms with Crippen LogP contribution >= 0.6 is 24.2 Å². The number of nitrogens with two attached hydrogens (primary N) is 1. The monoisotopic (exact) mass is 493 g/mol. The van der Waals surface area contributed by atoms with Crippen molar-refractivity contribution in [3.8, 4) is 5.88 Å². The van der Waals surface area contributed by atoms with Crippen molar-refractivity contribution in [1.82, 2.24) is 9.71 Å². The predicted molar refractivity (Wildman–Crippen MR) is 114 cm³/mol. The van der Waals surface area contributed by atoms with E-state index in [0.29, 0.717) is 30.1 Å². The average molecular weight is 494 g/mol. The first-order valence-corrected chi connectivity index (χ1v) is 10.4. The molecule has 32 heavy (non-hydrogen) atoms. The van der Waals surface area contributed by atoms with Crippen LogP contribution in [0.25, 0.3) is 0 Å². The molecule has 2 aromatic heterocycles.